The van der Waals surface area contributed by atoms with E-state index in [9.17, 15) is 9.90 Å². The van der Waals surface area contributed by atoms with Gasteiger partial charge in [0.25, 0.3) is 5.91 Å². The Labute approximate surface area is 217 Å². The van der Waals surface area contributed by atoms with Gasteiger partial charge < -0.3 is 14.7 Å². The van der Waals surface area contributed by atoms with Gasteiger partial charge in [0, 0.05) is 17.7 Å². The number of phenols is 1. The largest absolute Gasteiger partial charge is 0.507 e. The molecule has 2 N–H and O–H groups in total. The van der Waals surface area contributed by atoms with E-state index in [0.29, 0.717) is 36.0 Å². The van der Waals surface area contributed by atoms with Gasteiger partial charge in [-0.15, -0.1) is 0 Å². The summed E-state index contributed by atoms with van der Waals surface area (Å²) in [6, 6.07) is 21.4. The molecule has 4 aromatic rings. The molecule has 0 radical (unpaired) electrons. The lowest BCUT2D eigenvalue weighted by Crippen LogP contribution is -2.29. The van der Waals surface area contributed by atoms with Gasteiger partial charge in [0.1, 0.15) is 22.9 Å². The zero-order valence-electron chi connectivity index (χ0n) is 21.8. The van der Waals surface area contributed by atoms with E-state index in [0.717, 1.165) is 40.0 Å². The number of nitrogens with zero attached hydrogens (tertiary/aromatic N) is 2. The minimum absolute atomic E-state index is 0.113. The first-order chi connectivity index (χ1) is 17.8. The Hall–Kier alpha value is -4.06. The minimum Gasteiger partial charge on any atom is -0.507 e. The molecule has 1 amide bonds. The van der Waals surface area contributed by atoms with E-state index >= 15 is 0 Å². The van der Waals surface area contributed by atoms with E-state index in [1.54, 1.807) is 0 Å². The van der Waals surface area contributed by atoms with Crippen LogP contribution in [0.25, 0.3) is 11.3 Å². The number of aromatic nitrogens is 2. The summed E-state index contributed by atoms with van der Waals surface area (Å²) in [6.07, 6.45) is 0.967. The van der Waals surface area contributed by atoms with E-state index in [1.165, 1.54) is 0 Å². The van der Waals surface area contributed by atoms with Crippen LogP contribution in [0, 0.1) is 19.8 Å². The number of nitrogens with one attached hydrogen (secondary N) is 1. The fourth-order valence-corrected chi connectivity index (χ4v) is 5.02. The van der Waals surface area contributed by atoms with Gasteiger partial charge in [-0.2, -0.15) is 5.10 Å². The second kappa shape index (κ2) is 10.1. The summed E-state index contributed by atoms with van der Waals surface area (Å²) in [5.41, 5.74) is 6.23. The molecule has 3 aromatic carbocycles. The molecule has 5 rings (SSSR count). The minimum atomic E-state index is -0.384. The number of hydrogen-bond acceptors (Lipinski definition) is 4. The molecule has 1 unspecified atom stereocenters. The number of H-pyrrole nitrogens is 1. The fraction of sp³-hybridized carbons (Fsp3) is 0.290. The molecule has 0 aliphatic carbocycles. The number of hydrogen-bond donors (Lipinski definition) is 2. The third-order valence-corrected chi connectivity index (χ3v) is 6.90. The maximum Gasteiger partial charge on any atom is 0.273 e. The molecular formula is C31H33N3O3. The Kier molecular flexibility index (Phi) is 6.74. The van der Waals surface area contributed by atoms with Gasteiger partial charge in [-0.1, -0.05) is 62.4 Å². The zero-order valence-corrected chi connectivity index (χ0v) is 21.8. The van der Waals surface area contributed by atoms with Crippen LogP contribution in [-0.4, -0.2) is 32.7 Å². The number of fused-ring (bicyclic) bond motifs is 1. The van der Waals surface area contributed by atoms with Crippen molar-refractivity contribution in [1.82, 2.24) is 15.1 Å². The number of carbonyl (C=O) groups is 1. The molecule has 0 spiro atoms. The molecule has 6 nitrogen and oxygen atoms in total. The summed E-state index contributed by atoms with van der Waals surface area (Å²) >= 11 is 0. The van der Waals surface area contributed by atoms with Crippen LogP contribution in [0.5, 0.6) is 11.5 Å². The van der Waals surface area contributed by atoms with Gasteiger partial charge in [0.05, 0.1) is 12.6 Å². The molecule has 1 aliphatic rings. The zero-order chi connectivity index (χ0) is 26.1. The standard InChI is InChI=1S/C31H33N3O3/c1-19(2)13-14-37-24-12-8-11-23(17-24)29-26-27(25-16-20(3)15-21(4)30(25)35)32-33-28(26)31(36)34(29)18-22-9-6-5-7-10-22/h5-12,15-17,19,29,35H,13-14,18H2,1-4H3,(H,32,33). The van der Waals surface area contributed by atoms with Crippen molar-refractivity contribution < 1.29 is 14.6 Å². The summed E-state index contributed by atoms with van der Waals surface area (Å²) in [6.45, 7) is 9.30. The van der Waals surface area contributed by atoms with Crippen molar-refractivity contribution in [3.8, 4) is 22.8 Å². The molecule has 0 saturated heterocycles. The van der Waals surface area contributed by atoms with E-state index in [-0.39, 0.29) is 17.7 Å². The maximum absolute atomic E-state index is 13.7. The van der Waals surface area contributed by atoms with Gasteiger partial charge in [-0.25, -0.2) is 0 Å². The quantitative estimate of drug-likeness (QED) is 0.290. The van der Waals surface area contributed by atoms with Crippen molar-refractivity contribution in [1.29, 1.82) is 0 Å². The van der Waals surface area contributed by atoms with Crippen LogP contribution >= 0.6 is 0 Å². The van der Waals surface area contributed by atoms with E-state index in [4.69, 9.17) is 4.74 Å². The summed E-state index contributed by atoms with van der Waals surface area (Å²) in [4.78, 5) is 15.6. The Morgan fingerprint density at radius 1 is 1.05 bits per heavy atom. The van der Waals surface area contributed by atoms with Crippen molar-refractivity contribution in [2.24, 2.45) is 5.92 Å². The van der Waals surface area contributed by atoms with Gasteiger partial charge >= 0.3 is 0 Å². The first-order valence-electron chi connectivity index (χ1n) is 12.8. The average Bonchev–Trinajstić information content (AvgIpc) is 3.41. The molecule has 190 valence electrons. The maximum atomic E-state index is 13.7. The van der Waals surface area contributed by atoms with Crippen LogP contribution in [0.1, 0.15) is 64.6 Å². The highest BCUT2D eigenvalue weighted by Crippen LogP contribution is 2.46. The lowest BCUT2D eigenvalue weighted by atomic mass is 9.94. The second-order valence-corrected chi connectivity index (χ2v) is 10.3. The van der Waals surface area contributed by atoms with Crippen LogP contribution in [0.2, 0.25) is 0 Å². The molecule has 6 heteroatoms. The van der Waals surface area contributed by atoms with E-state index in [2.05, 4.69) is 24.0 Å². The SMILES string of the molecule is Cc1cc(C)c(O)c(-c2n[nH]c3c2C(c2cccc(OCCC(C)C)c2)N(Cc2ccccc2)C3=O)c1. The monoisotopic (exact) mass is 495 g/mol. The van der Waals surface area contributed by atoms with Crippen molar-refractivity contribution >= 4 is 5.91 Å². The fourth-order valence-electron chi connectivity index (χ4n) is 5.02. The van der Waals surface area contributed by atoms with Crippen LogP contribution in [-0.2, 0) is 6.54 Å². The summed E-state index contributed by atoms with van der Waals surface area (Å²) in [7, 11) is 0. The lowest BCUT2D eigenvalue weighted by molar-refractivity contribution is 0.0729. The summed E-state index contributed by atoms with van der Waals surface area (Å²) in [5, 5.41) is 18.5. The predicted molar refractivity (Wildman–Crippen MR) is 145 cm³/mol. The molecule has 1 aliphatic heterocycles. The molecule has 0 bridgehead atoms. The Balaban J connectivity index is 1.61. The molecular weight excluding hydrogens is 462 g/mol. The normalized spacial score (nSPS) is 14.9. The third kappa shape index (κ3) is 4.84. The van der Waals surface area contributed by atoms with Crippen molar-refractivity contribution in [3.63, 3.8) is 0 Å². The highest BCUT2D eigenvalue weighted by atomic mass is 16.5. The molecule has 2 heterocycles. The third-order valence-electron chi connectivity index (χ3n) is 6.90. The van der Waals surface area contributed by atoms with Crippen LogP contribution < -0.4 is 4.74 Å². The van der Waals surface area contributed by atoms with Gasteiger partial charge in [0.2, 0.25) is 0 Å². The number of phenolic OH excluding ortho intramolecular Hbond substituents is 1. The number of carbonyl (C=O) groups excluding carboxylic acids is 1. The summed E-state index contributed by atoms with van der Waals surface area (Å²) in [5.74, 6) is 1.40. The molecule has 1 atom stereocenters. The van der Waals surface area contributed by atoms with Crippen LogP contribution in [0.3, 0.4) is 0 Å². The molecule has 0 saturated carbocycles. The topological polar surface area (TPSA) is 78.5 Å². The Bertz CT molecular complexity index is 1430. The summed E-state index contributed by atoms with van der Waals surface area (Å²) < 4.78 is 6.07. The average molecular weight is 496 g/mol. The number of rotatable bonds is 8. The lowest BCUT2D eigenvalue weighted by Gasteiger charge is -2.27. The second-order valence-electron chi connectivity index (χ2n) is 10.3. The number of ether oxygens (including phenoxy) is 1. The van der Waals surface area contributed by atoms with Crippen molar-refractivity contribution in [2.75, 3.05) is 6.61 Å². The Morgan fingerprint density at radius 3 is 2.59 bits per heavy atom. The number of benzene rings is 3. The van der Waals surface area contributed by atoms with E-state index in [1.807, 2.05) is 85.5 Å². The number of amides is 1. The number of aryl methyl sites for hydroxylation is 2. The number of aromatic amines is 1. The molecule has 37 heavy (non-hydrogen) atoms. The number of aromatic hydroxyl groups is 1. The van der Waals surface area contributed by atoms with Gasteiger partial charge in [0.15, 0.2) is 0 Å². The van der Waals surface area contributed by atoms with Gasteiger partial charge in [-0.3, -0.25) is 9.89 Å². The van der Waals surface area contributed by atoms with Crippen molar-refractivity contribution in [2.45, 2.75) is 46.7 Å². The van der Waals surface area contributed by atoms with Crippen LogP contribution in [0.15, 0.2) is 66.7 Å². The highest BCUT2D eigenvalue weighted by molar-refractivity contribution is 6.00. The smallest absolute Gasteiger partial charge is 0.273 e. The van der Waals surface area contributed by atoms with Crippen molar-refractivity contribution in [3.05, 3.63) is 100 Å². The van der Waals surface area contributed by atoms with Gasteiger partial charge in [-0.05, 0) is 66.6 Å². The van der Waals surface area contributed by atoms with Crippen LogP contribution in [0.4, 0.5) is 0 Å². The first kappa shape index (κ1) is 24.6. The highest BCUT2D eigenvalue weighted by Gasteiger charge is 2.42. The predicted octanol–water partition coefficient (Wildman–Crippen LogP) is 6.57. The first-order valence-corrected chi connectivity index (χ1v) is 12.8. The molecule has 0 fully saturated rings. The Morgan fingerprint density at radius 2 is 1.84 bits per heavy atom. The van der Waals surface area contributed by atoms with E-state index < -0.39 is 0 Å². The molecule has 1 aromatic heterocycles.